The van der Waals surface area contributed by atoms with Crippen molar-refractivity contribution < 1.29 is 9.78 Å². The number of piperazine rings is 1. The van der Waals surface area contributed by atoms with Crippen LogP contribution in [-0.4, -0.2) is 37.0 Å². The molecule has 0 saturated carbocycles. The van der Waals surface area contributed by atoms with E-state index in [1.54, 1.807) is 0 Å². The molecule has 0 aliphatic carbocycles. The van der Waals surface area contributed by atoms with E-state index in [4.69, 9.17) is 11.6 Å². The summed E-state index contributed by atoms with van der Waals surface area (Å²) in [6.45, 7) is 7.45. The van der Waals surface area contributed by atoms with Crippen molar-refractivity contribution in [3.8, 4) is 0 Å². The SMILES string of the molecule is CC(C)[C@H](C(=O)N1CCN(c2cc[nH+]cc2)CC1)c1ccc(Cl)cc1. The van der Waals surface area contributed by atoms with E-state index in [1.165, 1.54) is 5.69 Å². The highest BCUT2D eigenvalue weighted by atomic mass is 35.5. The van der Waals surface area contributed by atoms with Gasteiger partial charge in [0.05, 0.1) is 5.92 Å². The van der Waals surface area contributed by atoms with Crippen LogP contribution in [-0.2, 0) is 4.79 Å². The Labute approximate surface area is 154 Å². The molecule has 1 aliphatic rings. The summed E-state index contributed by atoms with van der Waals surface area (Å²) in [5.74, 6) is 0.352. The van der Waals surface area contributed by atoms with Gasteiger partial charge in [0.15, 0.2) is 12.4 Å². The number of carbonyl (C=O) groups excluding carboxylic acids is 1. The largest absolute Gasteiger partial charge is 0.368 e. The maximum absolute atomic E-state index is 13.1. The highest BCUT2D eigenvalue weighted by Gasteiger charge is 2.30. The molecule has 0 radical (unpaired) electrons. The molecule has 4 nitrogen and oxygen atoms in total. The fourth-order valence-electron chi connectivity index (χ4n) is 3.45. The number of rotatable bonds is 4. The first-order valence-electron chi connectivity index (χ1n) is 8.81. The molecule has 1 saturated heterocycles. The zero-order valence-electron chi connectivity index (χ0n) is 14.8. The maximum atomic E-state index is 13.1. The molecule has 1 aromatic heterocycles. The average Bonchev–Trinajstić information content (AvgIpc) is 2.64. The number of pyridine rings is 1. The van der Waals surface area contributed by atoms with Crippen molar-refractivity contribution in [2.75, 3.05) is 31.1 Å². The van der Waals surface area contributed by atoms with E-state index in [1.807, 2.05) is 41.6 Å². The zero-order chi connectivity index (χ0) is 17.8. The molecule has 1 N–H and O–H groups in total. The first-order chi connectivity index (χ1) is 12.1. The maximum Gasteiger partial charge on any atom is 0.230 e. The molecular formula is C20H25ClN3O+. The number of nitrogens with zero attached hydrogens (tertiary/aromatic N) is 2. The van der Waals surface area contributed by atoms with Crippen LogP contribution in [0.5, 0.6) is 0 Å². The van der Waals surface area contributed by atoms with Gasteiger partial charge in [-0.2, -0.15) is 0 Å². The number of nitrogens with one attached hydrogen (secondary N) is 1. The van der Waals surface area contributed by atoms with Gasteiger partial charge < -0.3 is 9.80 Å². The summed E-state index contributed by atoms with van der Waals surface area (Å²) < 4.78 is 0. The summed E-state index contributed by atoms with van der Waals surface area (Å²) in [6, 6.07) is 11.8. The van der Waals surface area contributed by atoms with Crippen LogP contribution in [0.2, 0.25) is 5.02 Å². The Morgan fingerprint density at radius 1 is 1.00 bits per heavy atom. The summed E-state index contributed by atoms with van der Waals surface area (Å²) in [7, 11) is 0. The Bertz CT molecular complexity index is 695. The van der Waals surface area contributed by atoms with E-state index in [2.05, 4.69) is 35.9 Å². The van der Waals surface area contributed by atoms with Gasteiger partial charge in [0.1, 0.15) is 0 Å². The van der Waals surface area contributed by atoms with E-state index >= 15 is 0 Å². The summed E-state index contributed by atoms with van der Waals surface area (Å²) in [6.07, 6.45) is 3.87. The topological polar surface area (TPSA) is 37.7 Å². The lowest BCUT2D eigenvalue weighted by Crippen LogP contribution is -2.50. The highest BCUT2D eigenvalue weighted by Crippen LogP contribution is 2.28. The Morgan fingerprint density at radius 3 is 2.16 bits per heavy atom. The van der Waals surface area contributed by atoms with Crippen molar-refractivity contribution in [2.24, 2.45) is 5.92 Å². The van der Waals surface area contributed by atoms with E-state index in [-0.39, 0.29) is 17.7 Å². The standard InChI is InChI=1S/C20H24ClN3O/c1-15(2)19(16-3-5-17(21)6-4-16)20(25)24-13-11-23(12-14-24)18-7-9-22-10-8-18/h3-10,15,19H,11-14H2,1-2H3/p+1/t19-/m0/s1. The third kappa shape index (κ3) is 4.13. The van der Waals surface area contributed by atoms with Gasteiger partial charge >= 0.3 is 0 Å². The molecule has 0 bridgehead atoms. The first kappa shape index (κ1) is 17.7. The number of hydrogen-bond donors (Lipinski definition) is 0. The molecule has 1 aliphatic heterocycles. The number of aromatic nitrogens is 1. The monoisotopic (exact) mass is 358 g/mol. The number of hydrogen-bond acceptors (Lipinski definition) is 2. The van der Waals surface area contributed by atoms with Crippen LogP contribution >= 0.6 is 11.6 Å². The molecule has 1 aromatic carbocycles. The molecule has 25 heavy (non-hydrogen) atoms. The van der Waals surface area contributed by atoms with Crippen molar-refractivity contribution in [2.45, 2.75) is 19.8 Å². The number of amides is 1. The molecule has 2 aromatic rings. The fourth-order valence-corrected chi connectivity index (χ4v) is 3.58. The minimum Gasteiger partial charge on any atom is -0.368 e. The molecule has 1 amide bonds. The molecule has 1 atom stereocenters. The first-order valence-corrected chi connectivity index (χ1v) is 9.19. The second-order valence-electron chi connectivity index (χ2n) is 6.84. The zero-order valence-corrected chi connectivity index (χ0v) is 15.5. The van der Waals surface area contributed by atoms with Crippen molar-refractivity contribution in [3.63, 3.8) is 0 Å². The van der Waals surface area contributed by atoms with Crippen molar-refractivity contribution in [1.29, 1.82) is 0 Å². The number of H-pyrrole nitrogens is 1. The average molecular weight is 359 g/mol. The summed E-state index contributed by atoms with van der Waals surface area (Å²) >= 11 is 6.00. The van der Waals surface area contributed by atoms with Crippen LogP contribution < -0.4 is 9.88 Å². The third-order valence-electron chi connectivity index (χ3n) is 4.82. The molecule has 132 valence electrons. The molecular weight excluding hydrogens is 334 g/mol. The Kier molecular flexibility index (Phi) is 5.59. The lowest BCUT2D eigenvalue weighted by atomic mass is 9.87. The minimum absolute atomic E-state index is 0.116. The second-order valence-corrected chi connectivity index (χ2v) is 7.28. The quantitative estimate of drug-likeness (QED) is 0.841. The van der Waals surface area contributed by atoms with Crippen molar-refractivity contribution in [3.05, 3.63) is 59.4 Å². The van der Waals surface area contributed by atoms with Crippen LogP contribution in [0.25, 0.3) is 0 Å². The fraction of sp³-hybridized carbons (Fsp3) is 0.400. The van der Waals surface area contributed by atoms with Crippen LogP contribution in [0.1, 0.15) is 25.3 Å². The van der Waals surface area contributed by atoms with E-state index in [0.29, 0.717) is 5.02 Å². The normalized spacial score (nSPS) is 16.2. The van der Waals surface area contributed by atoms with Crippen LogP contribution in [0.3, 0.4) is 0 Å². The number of anilines is 1. The van der Waals surface area contributed by atoms with Gasteiger partial charge in [0, 0.05) is 49.0 Å². The Balaban J connectivity index is 1.68. The van der Waals surface area contributed by atoms with Gasteiger partial charge in [-0.05, 0) is 23.6 Å². The van der Waals surface area contributed by atoms with Crippen LogP contribution in [0.15, 0.2) is 48.8 Å². The van der Waals surface area contributed by atoms with Crippen LogP contribution in [0, 0.1) is 5.92 Å². The summed E-state index contributed by atoms with van der Waals surface area (Å²) in [5, 5.41) is 0.701. The van der Waals surface area contributed by atoms with E-state index in [9.17, 15) is 4.79 Å². The van der Waals surface area contributed by atoms with Gasteiger partial charge in [-0.3, -0.25) is 4.79 Å². The molecule has 1 fully saturated rings. The summed E-state index contributed by atoms with van der Waals surface area (Å²) in [5.41, 5.74) is 2.24. The molecule has 2 heterocycles. The van der Waals surface area contributed by atoms with Gasteiger partial charge in [-0.15, -0.1) is 0 Å². The van der Waals surface area contributed by atoms with E-state index < -0.39 is 0 Å². The molecule has 5 heteroatoms. The lowest BCUT2D eigenvalue weighted by molar-refractivity contribution is -0.377. The predicted molar refractivity (Wildman–Crippen MR) is 101 cm³/mol. The van der Waals surface area contributed by atoms with E-state index in [0.717, 1.165) is 31.7 Å². The van der Waals surface area contributed by atoms with Gasteiger partial charge in [0.2, 0.25) is 5.91 Å². The number of carbonyl (C=O) groups is 1. The predicted octanol–water partition coefficient (Wildman–Crippen LogP) is 3.24. The number of halogens is 1. The molecule has 0 unspecified atom stereocenters. The Hall–Kier alpha value is -2.07. The molecule has 3 rings (SSSR count). The second kappa shape index (κ2) is 7.87. The lowest BCUT2D eigenvalue weighted by Gasteiger charge is -2.38. The van der Waals surface area contributed by atoms with Crippen LogP contribution in [0.4, 0.5) is 5.69 Å². The minimum atomic E-state index is -0.116. The smallest absolute Gasteiger partial charge is 0.230 e. The van der Waals surface area contributed by atoms with Gasteiger partial charge in [-0.1, -0.05) is 37.6 Å². The van der Waals surface area contributed by atoms with Crippen molar-refractivity contribution >= 4 is 23.2 Å². The van der Waals surface area contributed by atoms with Crippen molar-refractivity contribution in [1.82, 2.24) is 4.90 Å². The third-order valence-corrected chi connectivity index (χ3v) is 5.07. The Morgan fingerprint density at radius 2 is 1.60 bits per heavy atom. The van der Waals surface area contributed by atoms with Gasteiger partial charge in [-0.25, -0.2) is 4.98 Å². The molecule has 0 spiro atoms. The highest BCUT2D eigenvalue weighted by molar-refractivity contribution is 6.30. The number of aromatic amines is 1. The van der Waals surface area contributed by atoms with Gasteiger partial charge in [0.25, 0.3) is 0 Å². The number of benzene rings is 1. The summed E-state index contributed by atoms with van der Waals surface area (Å²) in [4.78, 5) is 20.5.